The molecule has 1 unspecified atom stereocenters. The molecule has 3 rings (SSSR count). The van der Waals surface area contributed by atoms with Gasteiger partial charge in [0.15, 0.2) is 0 Å². The van der Waals surface area contributed by atoms with Crippen molar-refractivity contribution in [3.8, 4) is 0 Å². The first-order valence-corrected chi connectivity index (χ1v) is 20.6. The van der Waals surface area contributed by atoms with E-state index in [1.54, 1.807) is 0 Å². The van der Waals surface area contributed by atoms with E-state index in [1.165, 1.54) is 36.9 Å². The second kappa shape index (κ2) is 5.36. The Balaban J connectivity index is 2.44. The van der Waals surface area contributed by atoms with Gasteiger partial charge in [-0.1, -0.05) is 0 Å². The number of benzene rings is 1. The normalized spacial score (nSPS) is 20.8. The molecule has 20 heavy (non-hydrogen) atoms. The first-order valence-electron chi connectivity index (χ1n) is 6.10. The predicted molar refractivity (Wildman–Crippen MR) is 94.7 cm³/mol. The Labute approximate surface area is 142 Å². The van der Waals surface area contributed by atoms with Gasteiger partial charge in [0.05, 0.1) is 0 Å². The van der Waals surface area contributed by atoms with E-state index >= 15 is 0 Å². The molecule has 1 heterocycles. The van der Waals surface area contributed by atoms with Crippen LogP contribution >= 0.6 is 48.7 Å². The SMILES string of the molecule is CC1=Cc2c(Br)c3c(cc2=C1)[S]([Zr]([Cl])([Cl])[Cl])=C(C)C=3C. The molecule has 1 aromatic carbocycles. The Morgan fingerprint density at radius 2 is 1.75 bits per heavy atom. The van der Waals surface area contributed by atoms with Crippen molar-refractivity contribution in [3.63, 3.8) is 0 Å². The summed E-state index contributed by atoms with van der Waals surface area (Å²) in [7, 11) is 19.0. The maximum absolute atomic E-state index is 6.44. The van der Waals surface area contributed by atoms with Crippen molar-refractivity contribution in [2.75, 3.05) is 0 Å². The number of rotatable bonds is 1. The second-order valence-electron chi connectivity index (χ2n) is 5.03. The zero-order valence-corrected chi connectivity index (χ0v) is 18.3. The minimum absolute atomic E-state index is 0.296. The molecule has 1 aromatic rings. The number of hydrogen-bond donors (Lipinski definition) is 0. The first-order chi connectivity index (χ1) is 9.21. The van der Waals surface area contributed by atoms with Crippen LogP contribution in [0.15, 0.2) is 21.0 Å². The zero-order chi connectivity index (χ0) is 14.8. The van der Waals surface area contributed by atoms with E-state index in [4.69, 9.17) is 25.5 Å². The van der Waals surface area contributed by atoms with Gasteiger partial charge < -0.3 is 0 Å². The quantitative estimate of drug-likeness (QED) is 0.477. The zero-order valence-electron chi connectivity index (χ0n) is 11.2. The van der Waals surface area contributed by atoms with Gasteiger partial charge in [0.1, 0.15) is 0 Å². The fraction of sp³-hybridized carbons (Fsp3) is 0.214. The number of allylic oxidation sites excluding steroid dienone is 1. The minimum atomic E-state index is -3.60. The first kappa shape index (κ1) is 16.0. The molecule has 106 valence electrons. The predicted octanol–water partition coefficient (Wildman–Crippen LogP) is 5.18. The summed E-state index contributed by atoms with van der Waals surface area (Å²) in [6.07, 6.45) is 4.40. The Kier molecular flexibility index (Phi) is 4.29. The molecule has 1 aliphatic heterocycles. The molecule has 0 spiro atoms. The van der Waals surface area contributed by atoms with Crippen molar-refractivity contribution in [2.24, 2.45) is 0 Å². The summed E-state index contributed by atoms with van der Waals surface area (Å²) in [5.41, 5.74) is 3.78. The van der Waals surface area contributed by atoms with E-state index < -0.39 is 15.2 Å². The molecule has 0 bridgehead atoms. The summed E-state index contributed by atoms with van der Waals surface area (Å²) in [5.74, 6) is 0. The van der Waals surface area contributed by atoms with Gasteiger partial charge in [-0.25, -0.2) is 0 Å². The van der Waals surface area contributed by atoms with Crippen LogP contribution in [0.4, 0.5) is 0 Å². The summed E-state index contributed by atoms with van der Waals surface area (Å²) in [5, 5.41) is 2.47. The Hall–Kier alpha value is 1.15. The third-order valence-electron chi connectivity index (χ3n) is 3.72. The second-order valence-corrected chi connectivity index (χ2v) is 33.8. The molecule has 0 saturated heterocycles. The van der Waals surface area contributed by atoms with E-state index in [2.05, 4.69) is 54.9 Å². The molecule has 0 fully saturated rings. The van der Waals surface area contributed by atoms with E-state index in [0.29, 0.717) is 0 Å². The molecule has 0 aromatic heterocycles. The van der Waals surface area contributed by atoms with E-state index in [1.807, 2.05) is 0 Å². The third-order valence-corrected chi connectivity index (χ3v) is 22.2. The van der Waals surface area contributed by atoms with Crippen LogP contribution in [0.1, 0.15) is 26.3 Å². The van der Waals surface area contributed by atoms with E-state index in [0.717, 1.165) is 4.47 Å². The molecule has 2 aliphatic rings. The summed E-state index contributed by atoms with van der Waals surface area (Å²) >= 11 is 0.178. The molecule has 0 nitrogen and oxygen atoms in total. The van der Waals surface area contributed by atoms with Crippen molar-refractivity contribution < 1.29 is 15.2 Å². The number of fused-ring (bicyclic) bond motifs is 2. The molecule has 6 heteroatoms. The summed E-state index contributed by atoms with van der Waals surface area (Å²) in [6, 6.07) is 2.23. The summed E-state index contributed by atoms with van der Waals surface area (Å²) in [6.45, 7) is 6.36. The van der Waals surface area contributed by atoms with Crippen LogP contribution < -0.4 is 10.4 Å². The molecule has 0 radical (unpaired) electrons. The van der Waals surface area contributed by atoms with Crippen LogP contribution in [-0.2, 0) is 15.2 Å². The van der Waals surface area contributed by atoms with Crippen molar-refractivity contribution in [1.82, 2.24) is 0 Å². The van der Waals surface area contributed by atoms with Crippen LogP contribution in [0.25, 0.3) is 17.7 Å². The number of hydrogen-bond acceptors (Lipinski definition) is 0. The van der Waals surface area contributed by atoms with Crippen molar-refractivity contribution >= 4 is 71.3 Å². The molecule has 0 amide bonds. The summed E-state index contributed by atoms with van der Waals surface area (Å²) < 4.78 is 1.14. The van der Waals surface area contributed by atoms with Gasteiger partial charge in [0.25, 0.3) is 0 Å². The van der Waals surface area contributed by atoms with Crippen LogP contribution in [0.3, 0.4) is 0 Å². The Morgan fingerprint density at radius 1 is 1.10 bits per heavy atom. The topological polar surface area (TPSA) is 0 Å². The van der Waals surface area contributed by atoms with Crippen molar-refractivity contribution in [3.05, 3.63) is 32.1 Å². The molecular weight excluding hydrogens is 478 g/mol. The molecule has 1 aliphatic carbocycles. The third kappa shape index (κ3) is 2.41. The molecule has 0 saturated carbocycles. The monoisotopic (exact) mass is 486 g/mol. The van der Waals surface area contributed by atoms with Gasteiger partial charge in [0.2, 0.25) is 0 Å². The molecular formula is C14H12BrCl3SZr. The maximum atomic E-state index is 6.44. The van der Waals surface area contributed by atoms with Crippen LogP contribution in [0, 0.1) is 0 Å². The Bertz CT molecular complexity index is 831. The van der Waals surface area contributed by atoms with Gasteiger partial charge in [-0.15, -0.1) is 0 Å². The van der Waals surface area contributed by atoms with Gasteiger partial charge >= 0.3 is 144 Å². The van der Waals surface area contributed by atoms with Crippen molar-refractivity contribution in [2.45, 2.75) is 25.7 Å². The fourth-order valence-corrected chi connectivity index (χ4v) is 23.1. The van der Waals surface area contributed by atoms with Crippen LogP contribution in [0.2, 0.25) is 0 Å². The van der Waals surface area contributed by atoms with Gasteiger partial charge in [0, 0.05) is 0 Å². The average molecular weight is 490 g/mol. The van der Waals surface area contributed by atoms with E-state index in [-0.39, 0.29) is 7.24 Å². The van der Waals surface area contributed by atoms with Crippen LogP contribution in [0.5, 0.6) is 0 Å². The molecule has 0 N–H and O–H groups in total. The van der Waals surface area contributed by atoms with Gasteiger partial charge in [-0.3, -0.25) is 0 Å². The standard InChI is InChI=1S/C14H12BrS.3ClH.Zr/c1-7-4-10-6-12-13(8(2)9(3)16-12)14(15)11(10)5-7;;;;/h4-6H,1-3H3;3*1H;/q+1;;;;+2/p-3. The Morgan fingerprint density at radius 3 is 2.35 bits per heavy atom. The molecule has 1 atom stereocenters. The van der Waals surface area contributed by atoms with Gasteiger partial charge in [-0.2, -0.15) is 0 Å². The average Bonchev–Trinajstić information content (AvgIpc) is 2.78. The summed E-state index contributed by atoms with van der Waals surface area (Å²) in [4.78, 5) is 2.47. The fourth-order valence-electron chi connectivity index (χ4n) is 2.74. The van der Waals surface area contributed by atoms with Crippen LogP contribution in [-0.4, -0.2) is 4.86 Å². The van der Waals surface area contributed by atoms with E-state index in [9.17, 15) is 0 Å². The van der Waals surface area contributed by atoms with Gasteiger partial charge in [-0.05, 0) is 0 Å². The number of halogens is 4. The van der Waals surface area contributed by atoms with Crippen molar-refractivity contribution in [1.29, 1.82) is 0 Å².